The SMILES string of the molecule is O=C(Nc1ccccc1-c1ccccc1)N1CCN2C(=O)N(C3Cc4ccccc4C3)C(=O)C2C1. The van der Waals surface area contributed by atoms with Crippen molar-refractivity contribution < 1.29 is 14.4 Å². The molecule has 0 spiro atoms. The molecule has 7 nitrogen and oxygen atoms in total. The number of nitrogens with zero attached hydrogens (tertiary/aromatic N) is 3. The highest BCUT2D eigenvalue weighted by molar-refractivity contribution is 6.05. The number of para-hydroxylation sites is 1. The smallest absolute Gasteiger partial charge is 0.320 e. The van der Waals surface area contributed by atoms with Crippen molar-refractivity contribution in [3.63, 3.8) is 0 Å². The summed E-state index contributed by atoms with van der Waals surface area (Å²) in [7, 11) is 0. The van der Waals surface area contributed by atoms with Gasteiger partial charge in [-0.2, -0.15) is 0 Å². The van der Waals surface area contributed by atoms with Gasteiger partial charge in [0.05, 0.1) is 12.2 Å². The number of urea groups is 2. The number of fused-ring (bicyclic) bond motifs is 2. The minimum atomic E-state index is -0.630. The van der Waals surface area contributed by atoms with Crippen LogP contribution in [0.25, 0.3) is 11.1 Å². The van der Waals surface area contributed by atoms with Crippen LogP contribution in [0.3, 0.4) is 0 Å². The molecule has 0 aromatic heterocycles. The summed E-state index contributed by atoms with van der Waals surface area (Å²) < 4.78 is 0. The van der Waals surface area contributed by atoms with Crippen molar-refractivity contribution in [3.8, 4) is 11.1 Å². The predicted octanol–water partition coefficient (Wildman–Crippen LogP) is 4.00. The van der Waals surface area contributed by atoms with Crippen LogP contribution in [0, 0.1) is 0 Å². The Morgan fingerprint density at radius 2 is 1.46 bits per heavy atom. The van der Waals surface area contributed by atoms with Gasteiger partial charge in [0.2, 0.25) is 0 Å². The van der Waals surface area contributed by atoms with E-state index in [0.717, 1.165) is 11.1 Å². The van der Waals surface area contributed by atoms with Gasteiger partial charge in [-0.15, -0.1) is 0 Å². The van der Waals surface area contributed by atoms with Gasteiger partial charge in [0.1, 0.15) is 6.04 Å². The number of hydrogen-bond donors (Lipinski definition) is 1. The molecule has 2 heterocycles. The van der Waals surface area contributed by atoms with E-state index in [4.69, 9.17) is 0 Å². The molecule has 3 aliphatic rings. The summed E-state index contributed by atoms with van der Waals surface area (Å²) >= 11 is 0. The van der Waals surface area contributed by atoms with Gasteiger partial charge in [0.25, 0.3) is 5.91 Å². The third kappa shape index (κ3) is 3.73. The number of carbonyl (C=O) groups excluding carboxylic acids is 3. The molecule has 0 saturated carbocycles. The Bertz CT molecular complexity index is 1280. The largest absolute Gasteiger partial charge is 0.327 e. The molecule has 3 aromatic rings. The lowest BCUT2D eigenvalue weighted by Crippen LogP contribution is -2.55. The van der Waals surface area contributed by atoms with Gasteiger partial charge in [-0.05, 0) is 35.6 Å². The average molecular weight is 467 g/mol. The van der Waals surface area contributed by atoms with Crippen LogP contribution in [0.2, 0.25) is 0 Å². The summed E-state index contributed by atoms with van der Waals surface area (Å²) in [6.07, 6.45) is 1.38. The number of benzene rings is 3. The van der Waals surface area contributed by atoms with Crippen LogP contribution in [-0.4, -0.2) is 64.4 Å². The first kappa shape index (κ1) is 21.4. The lowest BCUT2D eigenvalue weighted by Gasteiger charge is -2.35. The maximum atomic E-state index is 13.4. The van der Waals surface area contributed by atoms with Gasteiger partial charge in [-0.25, -0.2) is 9.59 Å². The number of imide groups is 1. The zero-order chi connectivity index (χ0) is 23.9. The van der Waals surface area contributed by atoms with E-state index in [2.05, 4.69) is 17.4 Å². The average Bonchev–Trinajstić information content (AvgIpc) is 3.42. The van der Waals surface area contributed by atoms with Gasteiger partial charge < -0.3 is 15.1 Å². The maximum absolute atomic E-state index is 13.4. The number of carbonyl (C=O) groups is 3. The molecular formula is C28H26N4O3. The standard InChI is InChI=1S/C28H26N4O3/c33-26-25-18-30(27(34)29-24-13-7-6-12-23(24)19-8-2-1-3-9-19)14-15-31(25)28(35)32(26)22-16-20-10-4-5-11-21(20)17-22/h1-13,22,25H,14-18H2,(H,29,34). The Kier molecular flexibility index (Phi) is 5.25. The van der Waals surface area contributed by atoms with Crippen molar-refractivity contribution in [2.45, 2.75) is 24.9 Å². The van der Waals surface area contributed by atoms with Crippen molar-refractivity contribution in [1.29, 1.82) is 0 Å². The summed E-state index contributed by atoms with van der Waals surface area (Å²) in [5.41, 5.74) is 5.05. The molecule has 2 saturated heterocycles. The van der Waals surface area contributed by atoms with E-state index < -0.39 is 6.04 Å². The Hall–Kier alpha value is -4.13. The lowest BCUT2D eigenvalue weighted by atomic mass is 10.0. The number of hydrogen-bond acceptors (Lipinski definition) is 3. The van der Waals surface area contributed by atoms with Crippen molar-refractivity contribution in [3.05, 3.63) is 90.0 Å². The van der Waals surface area contributed by atoms with E-state index in [1.807, 2.05) is 66.7 Å². The fourth-order valence-electron chi connectivity index (χ4n) is 5.51. The molecule has 176 valence electrons. The quantitative estimate of drug-likeness (QED) is 0.593. The number of piperazine rings is 1. The normalized spacial score (nSPS) is 19.7. The molecule has 1 unspecified atom stereocenters. The Labute approximate surface area is 203 Å². The first-order valence-electron chi connectivity index (χ1n) is 12.0. The molecule has 0 radical (unpaired) electrons. The van der Waals surface area contributed by atoms with E-state index in [0.29, 0.717) is 31.6 Å². The predicted molar refractivity (Wildman–Crippen MR) is 133 cm³/mol. The fraction of sp³-hybridized carbons (Fsp3) is 0.250. The van der Waals surface area contributed by atoms with Crippen molar-refractivity contribution in [1.82, 2.24) is 14.7 Å². The monoisotopic (exact) mass is 466 g/mol. The number of amides is 5. The van der Waals surface area contributed by atoms with Crippen LogP contribution < -0.4 is 5.32 Å². The first-order valence-corrected chi connectivity index (χ1v) is 12.0. The first-order chi connectivity index (χ1) is 17.1. The topological polar surface area (TPSA) is 73.0 Å². The minimum Gasteiger partial charge on any atom is -0.320 e. The van der Waals surface area contributed by atoms with Crippen molar-refractivity contribution in [2.24, 2.45) is 0 Å². The highest BCUT2D eigenvalue weighted by atomic mass is 16.2. The molecule has 5 amide bonds. The molecule has 2 fully saturated rings. The zero-order valence-corrected chi connectivity index (χ0v) is 19.3. The third-order valence-corrected chi connectivity index (χ3v) is 7.29. The molecule has 1 atom stereocenters. The van der Waals surface area contributed by atoms with Gasteiger partial charge in [0, 0.05) is 24.7 Å². The van der Waals surface area contributed by atoms with Crippen molar-refractivity contribution >= 4 is 23.7 Å². The molecular weight excluding hydrogens is 440 g/mol. The van der Waals surface area contributed by atoms with Gasteiger partial charge >= 0.3 is 12.1 Å². The Morgan fingerprint density at radius 1 is 0.800 bits per heavy atom. The summed E-state index contributed by atoms with van der Waals surface area (Å²) in [5, 5.41) is 3.02. The third-order valence-electron chi connectivity index (χ3n) is 7.29. The molecule has 0 bridgehead atoms. The zero-order valence-electron chi connectivity index (χ0n) is 19.3. The number of nitrogens with one attached hydrogen (secondary N) is 1. The fourth-order valence-corrected chi connectivity index (χ4v) is 5.51. The highest BCUT2D eigenvalue weighted by Crippen LogP contribution is 2.32. The lowest BCUT2D eigenvalue weighted by molar-refractivity contribution is -0.130. The summed E-state index contributed by atoms with van der Waals surface area (Å²) in [4.78, 5) is 44.4. The van der Waals surface area contributed by atoms with E-state index in [9.17, 15) is 14.4 Å². The molecule has 7 heteroatoms. The van der Waals surface area contributed by atoms with Crippen LogP contribution in [0.5, 0.6) is 0 Å². The minimum absolute atomic E-state index is 0.155. The van der Waals surface area contributed by atoms with Crippen LogP contribution >= 0.6 is 0 Å². The van der Waals surface area contributed by atoms with E-state index >= 15 is 0 Å². The summed E-state index contributed by atoms with van der Waals surface area (Å²) in [6.45, 7) is 0.923. The number of rotatable bonds is 3. The Balaban J connectivity index is 1.17. The highest BCUT2D eigenvalue weighted by Gasteiger charge is 2.51. The molecule has 1 N–H and O–H groups in total. The summed E-state index contributed by atoms with van der Waals surface area (Å²) in [6, 6.07) is 24.4. The van der Waals surface area contributed by atoms with Gasteiger partial charge in [-0.1, -0.05) is 72.8 Å². The maximum Gasteiger partial charge on any atom is 0.327 e. The van der Waals surface area contributed by atoms with Crippen LogP contribution in [0.1, 0.15) is 11.1 Å². The van der Waals surface area contributed by atoms with E-state index in [-0.39, 0.29) is 30.6 Å². The molecule has 6 rings (SSSR count). The second kappa shape index (κ2) is 8.58. The van der Waals surface area contributed by atoms with Gasteiger partial charge in [0.15, 0.2) is 0 Å². The molecule has 3 aromatic carbocycles. The van der Waals surface area contributed by atoms with Crippen LogP contribution in [-0.2, 0) is 17.6 Å². The van der Waals surface area contributed by atoms with Gasteiger partial charge in [-0.3, -0.25) is 9.69 Å². The Morgan fingerprint density at radius 3 is 2.20 bits per heavy atom. The van der Waals surface area contributed by atoms with E-state index in [1.54, 1.807) is 9.80 Å². The molecule has 35 heavy (non-hydrogen) atoms. The molecule has 1 aliphatic carbocycles. The second-order valence-electron chi connectivity index (χ2n) is 9.32. The molecule has 2 aliphatic heterocycles. The van der Waals surface area contributed by atoms with Crippen LogP contribution in [0.15, 0.2) is 78.9 Å². The number of anilines is 1. The second-order valence-corrected chi connectivity index (χ2v) is 9.32. The summed E-state index contributed by atoms with van der Waals surface area (Å²) in [5.74, 6) is -0.199. The van der Waals surface area contributed by atoms with Crippen LogP contribution in [0.4, 0.5) is 15.3 Å². The van der Waals surface area contributed by atoms with Crippen molar-refractivity contribution in [2.75, 3.05) is 25.0 Å². The van der Waals surface area contributed by atoms with E-state index in [1.165, 1.54) is 16.0 Å².